The second-order valence-electron chi connectivity index (χ2n) is 9.52. The van der Waals surface area contributed by atoms with E-state index in [1.165, 1.54) is 11.3 Å². The first kappa shape index (κ1) is 27.2. The van der Waals surface area contributed by atoms with Crippen LogP contribution in [0.15, 0.2) is 24.3 Å². The van der Waals surface area contributed by atoms with Crippen molar-refractivity contribution in [2.45, 2.75) is 54.0 Å². The van der Waals surface area contributed by atoms with E-state index in [-0.39, 0.29) is 16.3 Å². The lowest BCUT2D eigenvalue weighted by atomic mass is 9.98. The van der Waals surface area contributed by atoms with Crippen LogP contribution >= 0.6 is 11.3 Å². The molecule has 1 atom stereocenters. The van der Waals surface area contributed by atoms with Gasteiger partial charge in [0.1, 0.15) is 16.4 Å². The van der Waals surface area contributed by atoms with Crippen LogP contribution < -0.4 is 19.5 Å². The van der Waals surface area contributed by atoms with Gasteiger partial charge < -0.3 is 24.6 Å². The smallest absolute Gasteiger partial charge is 0.348 e. The van der Waals surface area contributed by atoms with Crippen molar-refractivity contribution in [2.75, 3.05) is 25.6 Å². The van der Waals surface area contributed by atoms with Gasteiger partial charge in [-0.25, -0.2) is 9.78 Å². The molecule has 0 aliphatic carbocycles. The number of hydrogen-bond acceptors (Lipinski definition) is 7. The second kappa shape index (κ2) is 11.5. The number of benzene rings is 1. The third-order valence-corrected chi connectivity index (χ3v) is 6.37. The van der Waals surface area contributed by atoms with Gasteiger partial charge >= 0.3 is 5.97 Å². The van der Waals surface area contributed by atoms with Crippen molar-refractivity contribution in [1.82, 2.24) is 4.98 Å². The quantitative estimate of drug-likeness (QED) is 0.306. The minimum Gasteiger partial charge on any atom is -0.496 e. The van der Waals surface area contributed by atoms with E-state index in [4.69, 9.17) is 14.2 Å². The molecule has 0 saturated carbocycles. The van der Waals surface area contributed by atoms with E-state index in [1.807, 2.05) is 59.7 Å². The molecule has 0 saturated heterocycles. The Balaban J connectivity index is 1.74. The molecule has 0 unspecified atom stereocenters. The fourth-order valence-corrected chi connectivity index (χ4v) is 4.38. The second-order valence-corrected chi connectivity index (χ2v) is 10.6. The first-order valence-electron chi connectivity index (χ1n) is 11.9. The van der Waals surface area contributed by atoms with E-state index in [9.17, 15) is 9.90 Å². The Labute approximate surface area is 216 Å². The number of nitrogens with zero attached hydrogens (tertiary/aromatic N) is 1. The first-order valence-corrected chi connectivity index (χ1v) is 12.7. The fraction of sp³-hybridized carbons (Fsp3) is 0.429. The van der Waals surface area contributed by atoms with Crippen LogP contribution in [0.3, 0.4) is 0 Å². The average molecular weight is 511 g/mol. The standard InChI is InChI=1S/C28H34N2O5S/c1-8-34-24-16-23(20-9-10-22(33-7)18(3)25(20)30-24)35-14-12-17(2)29-21-15-19(11-13-28(4,5)6)36-26(21)27(31)32/h9-10,15-17,29H,8,12,14H2,1-7H3,(H,31,32)/t17-/m0/s1. The number of thiophene rings is 1. The lowest BCUT2D eigenvalue weighted by Gasteiger charge is -2.17. The summed E-state index contributed by atoms with van der Waals surface area (Å²) in [5.41, 5.74) is 2.11. The molecule has 0 spiro atoms. The number of pyridine rings is 1. The Morgan fingerprint density at radius 2 is 1.97 bits per heavy atom. The number of carbonyl (C=O) groups is 1. The highest BCUT2D eigenvalue weighted by Crippen LogP contribution is 2.34. The van der Waals surface area contributed by atoms with E-state index in [0.29, 0.717) is 37.0 Å². The lowest BCUT2D eigenvalue weighted by molar-refractivity contribution is 0.0703. The third-order valence-electron chi connectivity index (χ3n) is 5.33. The molecule has 0 aliphatic rings. The molecule has 2 heterocycles. The molecule has 36 heavy (non-hydrogen) atoms. The molecule has 2 aromatic heterocycles. The summed E-state index contributed by atoms with van der Waals surface area (Å²) in [6.07, 6.45) is 0.654. The van der Waals surface area contributed by atoms with Gasteiger partial charge in [-0.15, -0.1) is 11.3 Å². The highest BCUT2D eigenvalue weighted by molar-refractivity contribution is 7.15. The summed E-state index contributed by atoms with van der Waals surface area (Å²) >= 11 is 1.18. The van der Waals surface area contributed by atoms with E-state index >= 15 is 0 Å². The van der Waals surface area contributed by atoms with Crippen molar-refractivity contribution >= 4 is 33.9 Å². The van der Waals surface area contributed by atoms with Gasteiger partial charge in [0.05, 0.1) is 36.4 Å². The molecule has 1 aromatic carbocycles. The van der Waals surface area contributed by atoms with E-state index in [2.05, 4.69) is 22.1 Å². The van der Waals surface area contributed by atoms with Crippen LogP contribution in [0.1, 0.15) is 61.2 Å². The fourth-order valence-electron chi connectivity index (χ4n) is 3.57. The zero-order valence-electron chi connectivity index (χ0n) is 21.9. The van der Waals surface area contributed by atoms with E-state index in [1.54, 1.807) is 13.2 Å². The summed E-state index contributed by atoms with van der Waals surface area (Å²) in [5.74, 6) is 7.22. The molecule has 0 bridgehead atoms. The number of aryl methyl sites for hydroxylation is 1. The monoisotopic (exact) mass is 510 g/mol. The van der Waals surface area contributed by atoms with Gasteiger partial charge in [-0.1, -0.05) is 11.8 Å². The van der Waals surface area contributed by atoms with Crippen LogP contribution in [0.2, 0.25) is 0 Å². The van der Waals surface area contributed by atoms with Gasteiger partial charge in [0.2, 0.25) is 5.88 Å². The maximum absolute atomic E-state index is 11.8. The van der Waals surface area contributed by atoms with Crippen LogP contribution in [0.25, 0.3) is 10.9 Å². The maximum Gasteiger partial charge on any atom is 0.348 e. The van der Waals surface area contributed by atoms with Crippen LogP contribution in [-0.2, 0) is 0 Å². The summed E-state index contributed by atoms with van der Waals surface area (Å²) in [5, 5.41) is 13.8. The number of aromatic nitrogens is 1. The molecule has 2 N–H and O–H groups in total. The number of carboxylic acid groups (broad SMARTS) is 1. The van der Waals surface area contributed by atoms with Gasteiger partial charge in [-0.3, -0.25) is 0 Å². The Morgan fingerprint density at radius 3 is 2.61 bits per heavy atom. The van der Waals surface area contributed by atoms with Crippen molar-refractivity contribution in [2.24, 2.45) is 5.41 Å². The molecule has 0 aliphatic heterocycles. The Morgan fingerprint density at radius 1 is 1.22 bits per heavy atom. The molecule has 8 heteroatoms. The summed E-state index contributed by atoms with van der Waals surface area (Å²) in [6, 6.07) is 7.43. The molecular formula is C28H34N2O5S. The van der Waals surface area contributed by atoms with Crippen LogP contribution in [-0.4, -0.2) is 42.4 Å². The van der Waals surface area contributed by atoms with Crippen molar-refractivity contribution < 1.29 is 24.1 Å². The number of aromatic carboxylic acids is 1. The number of carboxylic acids is 1. The summed E-state index contributed by atoms with van der Waals surface area (Å²) in [6.45, 7) is 12.9. The highest BCUT2D eigenvalue weighted by Gasteiger charge is 2.18. The molecule has 0 radical (unpaired) electrons. The van der Waals surface area contributed by atoms with Gasteiger partial charge in [-0.2, -0.15) is 0 Å². The topological polar surface area (TPSA) is 89.9 Å². The number of methoxy groups -OCH3 is 1. The first-order chi connectivity index (χ1) is 17.0. The number of anilines is 1. The summed E-state index contributed by atoms with van der Waals surface area (Å²) < 4.78 is 17.3. The predicted molar refractivity (Wildman–Crippen MR) is 145 cm³/mol. The van der Waals surface area contributed by atoms with Crippen molar-refractivity contribution in [3.63, 3.8) is 0 Å². The van der Waals surface area contributed by atoms with Crippen LogP contribution in [0, 0.1) is 24.2 Å². The Kier molecular flexibility index (Phi) is 8.70. The Hall–Kier alpha value is -3.44. The number of nitrogens with one attached hydrogen (secondary N) is 1. The molecule has 0 amide bonds. The van der Waals surface area contributed by atoms with Crippen LogP contribution in [0.5, 0.6) is 17.4 Å². The van der Waals surface area contributed by atoms with Gasteiger partial charge in [-0.05, 0) is 59.7 Å². The molecule has 0 fully saturated rings. The molecule has 3 aromatic rings. The minimum atomic E-state index is -0.965. The van der Waals surface area contributed by atoms with Crippen molar-refractivity contribution in [3.05, 3.63) is 39.6 Å². The van der Waals surface area contributed by atoms with Gasteiger partial charge in [0.15, 0.2) is 0 Å². The molecule has 7 nitrogen and oxygen atoms in total. The van der Waals surface area contributed by atoms with E-state index in [0.717, 1.165) is 27.1 Å². The van der Waals surface area contributed by atoms with Crippen molar-refractivity contribution in [3.8, 4) is 29.2 Å². The highest BCUT2D eigenvalue weighted by atomic mass is 32.1. The summed E-state index contributed by atoms with van der Waals surface area (Å²) in [4.78, 5) is 17.4. The SMILES string of the molecule is CCOc1cc(OCC[C@H](C)Nc2cc(C#CC(C)(C)C)sc2C(=O)O)c2ccc(OC)c(C)c2n1. The summed E-state index contributed by atoms with van der Waals surface area (Å²) in [7, 11) is 1.63. The van der Waals surface area contributed by atoms with Gasteiger partial charge in [0.25, 0.3) is 0 Å². The minimum absolute atomic E-state index is 0.0255. The number of rotatable bonds is 10. The maximum atomic E-state index is 11.8. The number of fused-ring (bicyclic) bond motifs is 1. The zero-order chi connectivity index (χ0) is 26.5. The third kappa shape index (κ3) is 6.82. The number of hydrogen-bond donors (Lipinski definition) is 2. The average Bonchev–Trinajstić information content (AvgIpc) is 3.21. The van der Waals surface area contributed by atoms with Crippen LogP contribution in [0.4, 0.5) is 5.69 Å². The molecular weight excluding hydrogens is 476 g/mol. The Bertz CT molecular complexity index is 1300. The zero-order valence-corrected chi connectivity index (χ0v) is 22.8. The molecule has 192 valence electrons. The normalized spacial score (nSPS) is 12.0. The predicted octanol–water partition coefficient (Wildman–Crippen LogP) is 6.38. The van der Waals surface area contributed by atoms with E-state index < -0.39 is 5.97 Å². The number of ether oxygens (including phenoxy) is 3. The largest absolute Gasteiger partial charge is 0.496 e. The van der Waals surface area contributed by atoms with Gasteiger partial charge in [0, 0.05) is 34.9 Å². The lowest BCUT2D eigenvalue weighted by Crippen LogP contribution is -2.19. The molecule has 3 rings (SSSR count). The van der Waals surface area contributed by atoms with Crippen molar-refractivity contribution in [1.29, 1.82) is 0 Å².